The van der Waals surface area contributed by atoms with Gasteiger partial charge in [-0.3, -0.25) is 4.57 Å². The molecular formula is C19H19F2N5O2. The number of rotatable bonds is 7. The van der Waals surface area contributed by atoms with Gasteiger partial charge < -0.3 is 9.67 Å². The highest BCUT2D eigenvalue weighted by molar-refractivity contribution is 5.76. The molecule has 0 saturated carbocycles. The molecular weight excluding hydrogens is 368 g/mol. The van der Waals surface area contributed by atoms with E-state index in [1.807, 2.05) is 28.8 Å². The summed E-state index contributed by atoms with van der Waals surface area (Å²) in [5.41, 5.74) is 1.12. The van der Waals surface area contributed by atoms with Gasteiger partial charge >= 0.3 is 12.2 Å². The Balaban J connectivity index is 1.84. The van der Waals surface area contributed by atoms with Crippen LogP contribution in [0.4, 0.5) is 8.78 Å². The molecule has 0 fully saturated rings. The first-order valence-corrected chi connectivity index (χ1v) is 9.00. The molecule has 1 N–H and O–H groups in total. The number of fused-ring (bicyclic) bond motifs is 2. The predicted molar refractivity (Wildman–Crippen MR) is 100 cm³/mol. The van der Waals surface area contributed by atoms with E-state index in [2.05, 4.69) is 9.97 Å². The molecule has 0 spiro atoms. The molecule has 9 heteroatoms. The van der Waals surface area contributed by atoms with Crippen LogP contribution in [0.3, 0.4) is 0 Å². The maximum atomic E-state index is 13.4. The highest BCUT2D eigenvalue weighted by atomic mass is 19.3. The molecule has 0 unspecified atom stereocenters. The molecule has 0 amide bonds. The molecule has 4 rings (SSSR count). The summed E-state index contributed by atoms with van der Waals surface area (Å²) in [6.07, 6.45) is 2.84. The monoisotopic (exact) mass is 387 g/mol. The molecule has 0 bridgehead atoms. The lowest BCUT2D eigenvalue weighted by Gasteiger charge is -2.09. The number of hydrogen-bond donors (Lipinski definition) is 1. The number of halogens is 2. The minimum Gasteiger partial charge on any atom is -0.396 e. The van der Waals surface area contributed by atoms with Crippen molar-refractivity contribution < 1.29 is 13.9 Å². The molecule has 3 heterocycles. The van der Waals surface area contributed by atoms with Crippen molar-refractivity contribution in [1.82, 2.24) is 23.7 Å². The van der Waals surface area contributed by atoms with E-state index in [9.17, 15) is 13.6 Å². The first kappa shape index (κ1) is 18.3. The Labute approximate surface area is 158 Å². The van der Waals surface area contributed by atoms with Gasteiger partial charge in [0.25, 0.3) is 0 Å². The van der Waals surface area contributed by atoms with Gasteiger partial charge in [0.1, 0.15) is 5.82 Å². The van der Waals surface area contributed by atoms with Crippen molar-refractivity contribution in [2.24, 2.45) is 0 Å². The number of aliphatic hydroxyl groups is 1. The fraction of sp³-hybridized carbons (Fsp3) is 0.316. The Kier molecular flexibility index (Phi) is 4.91. The molecule has 1 aromatic carbocycles. The average molecular weight is 387 g/mol. The molecule has 0 atom stereocenters. The normalized spacial score (nSPS) is 11.9. The number of aromatic nitrogens is 5. The number of para-hydroxylation sites is 2. The van der Waals surface area contributed by atoms with Crippen LogP contribution in [0.25, 0.3) is 22.2 Å². The summed E-state index contributed by atoms with van der Waals surface area (Å²) in [4.78, 5) is 21.4. The smallest absolute Gasteiger partial charge is 0.335 e. The number of unbranched alkanes of at least 4 members (excludes halogenated alkanes) is 1. The number of imidazole rings is 2. The van der Waals surface area contributed by atoms with Crippen molar-refractivity contribution in [2.75, 3.05) is 6.61 Å². The van der Waals surface area contributed by atoms with Gasteiger partial charge in [0.05, 0.1) is 23.1 Å². The molecule has 4 aromatic rings. The number of aryl methyl sites for hydroxylation is 1. The zero-order valence-electron chi connectivity index (χ0n) is 15.0. The first-order valence-electron chi connectivity index (χ1n) is 9.00. The number of aliphatic hydroxyl groups excluding tert-OH is 1. The molecule has 0 aliphatic heterocycles. The zero-order valence-corrected chi connectivity index (χ0v) is 15.0. The molecule has 0 aliphatic rings. The molecule has 0 radical (unpaired) electrons. The SMILES string of the molecule is O=c1n(Cc2nc3ccccc3n2CCCCO)c2ncccc2n1C(F)F. The van der Waals surface area contributed by atoms with E-state index in [-0.39, 0.29) is 24.3 Å². The van der Waals surface area contributed by atoms with Crippen molar-refractivity contribution >= 4 is 22.2 Å². The maximum Gasteiger partial charge on any atom is 0.335 e. The number of pyridine rings is 1. The minimum absolute atomic E-state index is 0.0277. The van der Waals surface area contributed by atoms with Gasteiger partial charge in [-0.2, -0.15) is 8.78 Å². The Morgan fingerprint density at radius 1 is 1.04 bits per heavy atom. The lowest BCUT2D eigenvalue weighted by Crippen LogP contribution is -2.26. The van der Waals surface area contributed by atoms with E-state index in [1.165, 1.54) is 22.9 Å². The summed E-state index contributed by atoms with van der Waals surface area (Å²) in [5.74, 6) is 0.584. The van der Waals surface area contributed by atoms with Crippen LogP contribution in [-0.4, -0.2) is 35.4 Å². The van der Waals surface area contributed by atoms with E-state index >= 15 is 0 Å². The topological polar surface area (TPSA) is 77.9 Å². The fourth-order valence-electron chi connectivity index (χ4n) is 3.46. The third-order valence-electron chi connectivity index (χ3n) is 4.74. The van der Waals surface area contributed by atoms with Crippen LogP contribution in [0, 0.1) is 0 Å². The molecule has 28 heavy (non-hydrogen) atoms. The van der Waals surface area contributed by atoms with E-state index in [4.69, 9.17) is 5.11 Å². The molecule has 146 valence electrons. The van der Waals surface area contributed by atoms with Crippen LogP contribution in [0.2, 0.25) is 0 Å². The van der Waals surface area contributed by atoms with Gasteiger partial charge in [-0.05, 0) is 37.1 Å². The molecule has 7 nitrogen and oxygen atoms in total. The van der Waals surface area contributed by atoms with Gasteiger partial charge in [0, 0.05) is 19.3 Å². The van der Waals surface area contributed by atoms with Gasteiger partial charge in [0.2, 0.25) is 0 Å². The number of nitrogens with zero attached hydrogens (tertiary/aromatic N) is 5. The Bertz CT molecular complexity index is 1180. The van der Waals surface area contributed by atoms with Crippen LogP contribution in [0.1, 0.15) is 25.2 Å². The Morgan fingerprint density at radius 3 is 2.61 bits per heavy atom. The van der Waals surface area contributed by atoms with Crippen LogP contribution >= 0.6 is 0 Å². The number of hydrogen-bond acceptors (Lipinski definition) is 4. The van der Waals surface area contributed by atoms with Gasteiger partial charge in [-0.1, -0.05) is 12.1 Å². The standard InChI is InChI=1S/C19H19F2N5O2/c20-18(21)26-15-8-5-9-22-17(15)25(19(26)28)12-16-23-13-6-1-2-7-14(13)24(16)10-3-4-11-27/h1-2,5-9,18,27H,3-4,10-12H2. The van der Waals surface area contributed by atoms with Gasteiger partial charge in [-0.15, -0.1) is 0 Å². The predicted octanol–water partition coefficient (Wildman–Crippen LogP) is 2.76. The van der Waals surface area contributed by atoms with Crippen molar-refractivity contribution in [3.05, 3.63) is 58.9 Å². The lowest BCUT2D eigenvalue weighted by atomic mass is 10.3. The van der Waals surface area contributed by atoms with E-state index < -0.39 is 12.2 Å². The molecule has 3 aromatic heterocycles. The number of benzene rings is 1. The van der Waals surface area contributed by atoms with E-state index in [1.54, 1.807) is 0 Å². The summed E-state index contributed by atoms with van der Waals surface area (Å²) in [6.45, 7) is -2.23. The molecule has 0 saturated heterocycles. The van der Waals surface area contributed by atoms with Crippen LogP contribution in [0.5, 0.6) is 0 Å². The van der Waals surface area contributed by atoms with Crippen molar-refractivity contribution in [1.29, 1.82) is 0 Å². The van der Waals surface area contributed by atoms with Crippen LogP contribution in [-0.2, 0) is 13.1 Å². The fourth-order valence-corrected chi connectivity index (χ4v) is 3.46. The second kappa shape index (κ2) is 7.51. The molecule has 0 aliphatic carbocycles. The summed E-state index contributed by atoms with van der Waals surface area (Å²) in [5, 5.41) is 9.07. The second-order valence-corrected chi connectivity index (χ2v) is 6.46. The summed E-state index contributed by atoms with van der Waals surface area (Å²) in [7, 11) is 0. The lowest BCUT2D eigenvalue weighted by molar-refractivity contribution is 0.0703. The third-order valence-corrected chi connectivity index (χ3v) is 4.74. The highest BCUT2D eigenvalue weighted by Gasteiger charge is 2.21. The van der Waals surface area contributed by atoms with Crippen molar-refractivity contribution in [3.63, 3.8) is 0 Å². The van der Waals surface area contributed by atoms with E-state index in [0.29, 0.717) is 23.4 Å². The quantitative estimate of drug-likeness (QED) is 0.495. The summed E-state index contributed by atoms with van der Waals surface area (Å²) < 4.78 is 30.5. The Hall–Kier alpha value is -3.07. The van der Waals surface area contributed by atoms with Crippen LogP contribution < -0.4 is 5.69 Å². The third kappa shape index (κ3) is 3.07. The number of alkyl halides is 2. The zero-order chi connectivity index (χ0) is 19.7. The largest absolute Gasteiger partial charge is 0.396 e. The van der Waals surface area contributed by atoms with Gasteiger partial charge in [-0.25, -0.2) is 19.3 Å². The summed E-state index contributed by atoms with van der Waals surface area (Å²) >= 11 is 0. The second-order valence-electron chi connectivity index (χ2n) is 6.46. The van der Waals surface area contributed by atoms with E-state index in [0.717, 1.165) is 17.5 Å². The Morgan fingerprint density at radius 2 is 1.82 bits per heavy atom. The maximum absolute atomic E-state index is 13.4. The first-order chi connectivity index (χ1) is 13.6. The highest BCUT2D eigenvalue weighted by Crippen LogP contribution is 2.21. The summed E-state index contributed by atoms with van der Waals surface area (Å²) in [6, 6.07) is 10.5. The van der Waals surface area contributed by atoms with Crippen molar-refractivity contribution in [3.8, 4) is 0 Å². The minimum atomic E-state index is -2.95. The van der Waals surface area contributed by atoms with Crippen molar-refractivity contribution in [2.45, 2.75) is 32.5 Å². The van der Waals surface area contributed by atoms with Crippen LogP contribution in [0.15, 0.2) is 47.4 Å². The van der Waals surface area contributed by atoms with Gasteiger partial charge in [0.15, 0.2) is 5.65 Å². The average Bonchev–Trinajstić information content (AvgIpc) is 3.18.